The molecule has 2 nitrogen and oxygen atoms in total. The standard InChI is InChI=1S/C12H13NO/c1-3-11-8-12(14-13-11)10-6-4-5-9(2)7-10/h4-8H,3H2,1-2H3. The van der Waals surface area contributed by atoms with Crippen LogP contribution < -0.4 is 0 Å². The Morgan fingerprint density at radius 3 is 2.79 bits per heavy atom. The second-order valence-electron chi connectivity index (χ2n) is 3.41. The third-order valence-electron chi connectivity index (χ3n) is 2.22. The zero-order valence-corrected chi connectivity index (χ0v) is 8.45. The Kier molecular flexibility index (Phi) is 2.35. The summed E-state index contributed by atoms with van der Waals surface area (Å²) in [5.74, 6) is 0.852. The molecule has 0 fully saturated rings. The first kappa shape index (κ1) is 9.00. The quantitative estimate of drug-likeness (QED) is 0.721. The molecule has 2 heteroatoms. The van der Waals surface area contributed by atoms with Crippen molar-refractivity contribution in [2.45, 2.75) is 20.3 Å². The molecular weight excluding hydrogens is 174 g/mol. The van der Waals surface area contributed by atoms with Crippen LogP contribution in [0.25, 0.3) is 11.3 Å². The maximum Gasteiger partial charge on any atom is 0.167 e. The van der Waals surface area contributed by atoms with Crippen molar-refractivity contribution >= 4 is 0 Å². The zero-order chi connectivity index (χ0) is 9.97. The van der Waals surface area contributed by atoms with Gasteiger partial charge in [0.1, 0.15) is 0 Å². The Bertz CT molecular complexity index is 431. The maximum atomic E-state index is 5.25. The molecule has 0 aliphatic rings. The number of hydrogen-bond donors (Lipinski definition) is 0. The van der Waals surface area contributed by atoms with E-state index in [0.29, 0.717) is 0 Å². The van der Waals surface area contributed by atoms with Crippen LogP contribution in [0.3, 0.4) is 0 Å². The predicted molar refractivity (Wildman–Crippen MR) is 56.1 cm³/mol. The molecule has 0 aliphatic carbocycles. The van der Waals surface area contributed by atoms with Crippen LogP contribution in [0.2, 0.25) is 0 Å². The molecule has 0 amide bonds. The first-order chi connectivity index (χ1) is 6.79. The van der Waals surface area contributed by atoms with Gasteiger partial charge in [-0.3, -0.25) is 0 Å². The molecule has 0 spiro atoms. The van der Waals surface area contributed by atoms with Crippen LogP contribution in [0.5, 0.6) is 0 Å². The van der Waals surface area contributed by atoms with Gasteiger partial charge in [-0.05, 0) is 19.4 Å². The fraction of sp³-hybridized carbons (Fsp3) is 0.250. The van der Waals surface area contributed by atoms with Gasteiger partial charge in [-0.25, -0.2) is 0 Å². The lowest BCUT2D eigenvalue weighted by Crippen LogP contribution is -1.76. The van der Waals surface area contributed by atoms with Crippen molar-refractivity contribution in [2.75, 3.05) is 0 Å². The Balaban J connectivity index is 2.39. The minimum atomic E-state index is 0.852. The fourth-order valence-electron chi connectivity index (χ4n) is 1.41. The predicted octanol–water partition coefficient (Wildman–Crippen LogP) is 3.21. The molecule has 0 saturated heterocycles. The Morgan fingerprint density at radius 1 is 1.29 bits per heavy atom. The number of aromatic nitrogens is 1. The molecule has 0 radical (unpaired) electrons. The third-order valence-corrected chi connectivity index (χ3v) is 2.22. The molecule has 0 N–H and O–H groups in total. The van der Waals surface area contributed by atoms with Gasteiger partial charge < -0.3 is 4.52 Å². The maximum absolute atomic E-state index is 5.25. The summed E-state index contributed by atoms with van der Waals surface area (Å²) in [7, 11) is 0. The molecule has 0 bridgehead atoms. The Morgan fingerprint density at radius 2 is 2.14 bits per heavy atom. The molecule has 14 heavy (non-hydrogen) atoms. The molecule has 0 aliphatic heterocycles. The monoisotopic (exact) mass is 187 g/mol. The second-order valence-corrected chi connectivity index (χ2v) is 3.41. The van der Waals surface area contributed by atoms with Crippen molar-refractivity contribution in [2.24, 2.45) is 0 Å². The normalized spacial score (nSPS) is 10.4. The van der Waals surface area contributed by atoms with E-state index in [4.69, 9.17) is 4.52 Å². The van der Waals surface area contributed by atoms with Crippen molar-refractivity contribution in [3.05, 3.63) is 41.6 Å². The minimum absolute atomic E-state index is 0.852. The summed E-state index contributed by atoms with van der Waals surface area (Å²) in [4.78, 5) is 0. The molecule has 1 aromatic heterocycles. The van der Waals surface area contributed by atoms with Gasteiger partial charge in [0.25, 0.3) is 0 Å². The number of benzene rings is 1. The number of nitrogens with zero attached hydrogens (tertiary/aromatic N) is 1. The molecule has 0 saturated carbocycles. The van der Waals surface area contributed by atoms with Crippen molar-refractivity contribution in [1.29, 1.82) is 0 Å². The van der Waals surface area contributed by atoms with Crippen LogP contribution in [0, 0.1) is 6.92 Å². The van der Waals surface area contributed by atoms with Gasteiger partial charge in [-0.2, -0.15) is 0 Å². The van der Waals surface area contributed by atoms with Crippen LogP contribution in [-0.4, -0.2) is 5.16 Å². The van der Waals surface area contributed by atoms with Gasteiger partial charge in [0, 0.05) is 11.6 Å². The highest BCUT2D eigenvalue weighted by Crippen LogP contribution is 2.21. The highest BCUT2D eigenvalue weighted by atomic mass is 16.5. The van der Waals surface area contributed by atoms with E-state index >= 15 is 0 Å². The molecule has 72 valence electrons. The lowest BCUT2D eigenvalue weighted by atomic mass is 10.1. The second kappa shape index (κ2) is 3.66. The lowest BCUT2D eigenvalue weighted by Gasteiger charge is -1.95. The Labute approximate surface area is 83.5 Å². The number of rotatable bonds is 2. The molecule has 2 rings (SSSR count). The van der Waals surface area contributed by atoms with Gasteiger partial charge in [-0.1, -0.05) is 35.8 Å². The van der Waals surface area contributed by atoms with Crippen LogP contribution in [0.15, 0.2) is 34.9 Å². The van der Waals surface area contributed by atoms with Crippen LogP contribution in [-0.2, 0) is 6.42 Å². The van der Waals surface area contributed by atoms with Crippen LogP contribution >= 0.6 is 0 Å². The number of aryl methyl sites for hydroxylation is 2. The van der Waals surface area contributed by atoms with E-state index in [1.165, 1.54) is 5.56 Å². The zero-order valence-electron chi connectivity index (χ0n) is 8.45. The minimum Gasteiger partial charge on any atom is -0.356 e. The fourth-order valence-corrected chi connectivity index (χ4v) is 1.41. The van der Waals surface area contributed by atoms with Gasteiger partial charge >= 0.3 is 0 Å². The van der Waals surface area contributed by atoms with E-state index in [1.807, 2.05) is 18.2 Å². The first-order valence-electron chi connectivity index (χ1n) is 4.82. The summed E-state index contributed by atoms with van der Waals surface area (Å²) in [6.45, 7) is 4.14. The Hall–Kier alpha value is -1.57. The van der Waals surface area contributed by atoms with Crippen LogP contribution in [0.4, 0.5) is 0 Å². The summed E-state index contributed by atoms with van der Waals surface area (Å²) in [5.41, 5.74) is 3.33. The summed E-state index contributed by atoms with van der Waals surface area (Å²) >= 11 is 0. The van der Waals surface area contributed by atoms with E-state index in [-0.39, 0.29) is 0 Å². The highest BCUT2D eigenvalue weighted by Gasteiger charge is 2.04. The number of hydrogen-bond acceptors (Lipinski definition) is 2. The van der Waals surface area contributed by atoms with E-state index in [9.17, 15) is 0 Å². The average Bonchev–Trinajstić information content (AvgIpc) is 2.66. The smallest absolute Gasteiger partial charge is 0.167 e. The largest absolute Gasteiger partial charge is 0.356 e. The lowest BCUT2D eigenvalue weighted by molar-refractivity contribution is 0.424. The van der Waals surface area contributed by atoms with Gasteiger partial charge in [0.2, 0.25) is 0 Å². The SMILES string of the molecule is CCc1cc(-c2cccc(C)c2)on1. The van der Waals surface area contributed by atoms with Gasteiger partial charge in [0.05, 0.1) is 5.69 Å². The van der Waals surface area contributed by atoms with Gasteiger partial charge in [-0.15, -0.1) is 0 Å². The molecular formula is C12H13NO. The summed E-state index contributed by atoms with van der Waals surface area (Å²) in [6, 6.07) is 10.2. The summed E-state index contributed by atoms with van der Waals surface area (Å²) in [5, 5.41) is 3.97. The van der Waals surface area contributed by atoms with Crippen molar-refractivity contribution < 1.29 is 4.52 Å². The van der Waals surface area contributed by atoms with E-state index in [0.717, 1.165) is 23.4 Å². The third kappa shape index (κ3) is 1.69. The summed E-state index contributed by atoms with van der Waals surface area (Å²) < 4.78 is 5.25. The molecule has 1 aromatic carbocycles. The van der Waals surface area contributed by atoms with E-state index < -0.39 is 0 Å². The first-order valence-corrected chi connectivity index (χ1v) is 4.82. The molecule has 1 heterocycles. The van der Waals surface area contributed by atoms with Crippen LogP contribution in [0.1, 0.15) is 18.2 Å². The van der Waals surface area contributed by atoms with Crippen molar-refractivity contribution in [3.63, 3.8) is 0 Å². The van der Waals surface area contributed by atoms with E-state index in [2.05, 4.69) is 31.1 Å². The van der Waals surface area contributed by atoms with E-state index in [1.54, 1.807) is 0 Å². The molecule has 2 aromatic rings. The van der Waals surface area contributed by atoms with Crippen molar-refractivity contribution in [1.82, 2.24) is 5.16 Å². The van der Waals surface area contributed by atoms with Crippen molar-refractivity contribution in [3.8, 4) is 11.3 Å². The molecule has 0 atom stereocenters. The van der Waals surface area contributed by atoms with Gasteiger partial charge in [0.15, 0.2) is 5.76 Å². The summed E-state index contributed by atoms with van der Waals surface area (Å²) in [6.07, 6.45) is 0.912. The molecule has 0 unspecified atom stereocenters. The topological polar surface area (TPSA) is 26.0 Å². The highest BCUT2D eigenvalue weighted by molar-refractivity contribution is 5.58. The average molecular weight is 187 g/mol.